The van der Waals surface area contributed by atoms with E-state index in [4.69, 9.17) is 40.0 Å². The molecule has 1 aromatic carbocycles. The fourth-order valence-corrected chi connectivity index (χ4v) is 3.89. The molecule has 0 saturated carbocycles. The molecule has 3 aliphatic heterocycles. The first-order valence-electron chi connectivity index (χ1n) is 8.87. The van der Waals surface area contributed by atoms with Crippen molar-refractivity contribution < 1.29 is 28.4 Å². The zero-order valence-electron chi connectivity index (χ0n) is 15.6. The van der Waals surface area contributed by atoms with Crippen LogP contribution in [0.2, 0.25) is 5.02 Å². The van der Waals surface area contributed by atoms with E-state index >= 15 is 0 Å². The molecule has 3 heterocycles. The van der Waals surface area contributed by atoms with Crippen LogP contribution in [0.3, 0.4) is 0 Å². The second-order valence-electron chi connectivity index (χ2n) is 7.77. The van der Waals surface area contributed by atoms with Gasteiger partial charge in [-0.3, -0.25) is 0 Å². The Bertz CT molecular complexity index is 776. The van der Waals surface area contributed by atoms with Crippen molar-refractivity contribution in [2.45, 2.75) is 70.0 Å². The molecule has 27 heavy (non-hydrogen) atoms. The summed E-state index contributed by atoms with van der Waals surface area (Å²) in [6, 6.07) is 6.98. The fraction of sp³-hybridized carbons (Fsp3) is 0.632. The number of hydrogen-bond acceptors (Lipinski definition) is 7. The molecule has 3 aliphatic rings. The number of benzene rings is 1. The maximum absolute atomic E-state index is 9.28. The van der Waals surface area contributed by atoms with E-state index < -0.39 is 24.0 Å². The van der Waals surface area contributed by atoms with Crippen LogP contribution in [0.5, 0.6) is 5.75 Å². The number of ether oxygens (including phenoxy) is 6. The van der Waals surface area contributed by atoms with Gasteiger partial charge in [0.1, 0.15) is 42.8 Å². The van der Waals surface area contributed by atoms with Gasteiger partial charge in [0.2, 0.25) is 0 Å². The van der Waals surface area contributed by atoms with Gasteiger partial charge in [0, 0.05) is 5.02 Å². The first-order valence-corrected chi connectivity index (χ1v) is 9.24. The van der Waals surface area contributed by atoms with Crippen molar-refractivity contribution in [1.29, 1.82) is 5.26 Å². The van der Waals surface area contributed by atoms with E-state index in [1.54, 1.807) is 18.2 Å². The Morgan fingerprint density at radius 3 is 2.44 bits per heavy atom. The van der Waals surface area contributed by atoms with E-state index in [0.29, 0.717) is 16.3 Å². The Labute approximate surface area is 163 Å². The summed E-state index contributed by atoms with van der Waals surface area (Å²) in [6.45, 7) is 7.55. The van der Waals surface area contributed by atoms with Crippen LogP contribution in [0, 0.1) is 11.3 Å². The molecule has 0 bridgehead atoms. The monoisotopic (exact) mass is 395 g/mol. The summed E-state index contributed by atoms with van der Waals surface area (Å²) in [5.74, 6) is -1.10. The van der Waals surface area contributed by atoms with Gasteiger partial charge in [0.25, 0.3) is 0 Å². The van der Waals surface area contributed by atoms with Crippen LogP contribution < -0.4 is 4.74 Å². The molecule has 1 aromatic rings. The van der Waals surface area contributed by atoms with Crippen LogP contribution in [0.25, 0.3) is 0 Å². The maximum Gasteiger partial charge on any atom is 0.190 e. The molecule has 0 aliphatic carbocycles. The van der Waals surface area contributed by atoms with Crippen LogP contribution in [0.4, 0.5) is 0 Å². The van der Waals surface area contributed by atoms with Crippen LogP contribution in [-0.4, -0.2) is 48.9 Å². The molecule has 146 valence electrons. The minimum Gasteiger partial charge on any atom is -0.489 e. The lowest BCUT2D eigenvalue weighted by atomic mass is 9.99. The summed E-state index contributed by atoms with van der Waals surface area (Å²) in [7, 11) is 0. The second kappa shape index (κ2) is 6.59. The highest BCUT2D eigenvalue weighted by Crippen LogP contribution is 2.44. The SMILES string of the molecule is CC1(C)OC2OC(COc3ccc(Cl)cc3C#N)C3OC(C)(C)OC3C2O1. The summed E-state index contributed by atoms with van der Waals surface area (Å²) in [6.07, 6.45) is -2.12. The molecule has 4 rings (SSSR count). The molecule has 0 radical (unpaired) electrons. The topological polar surface area (TPSA) is 79.2 Å². The number of halogens is 1. The highest BCUT2D eigenvalue weighted by Gasteiger charge is 2.60. The van der Waals surface area contributed by atoms with E-state index in [9.17, 15) is 5.26 Å². The van der Waals surface area contributed by atoms with E-state index in [-0.39, 0.29) is 24.9 Å². The number of hydrogen-bond donors (Lipinski definition) is 0. The summed E-state index contributed by atoms with van der Waals surface area (Å²) < 4.78 is 35.9. The van der Waals surface area contributed by atoms with Crippen molar-refractivity contribution in [2.75, 3.05) is 6.61 Å². The van der Waals surface area contributed by atoms with Gasteiger partial charge in [-0.15, -0.1) is 0 Å². The Morgan fingerprint density at radius 1 is 1.04 bits per heavy atom. The Kier molecular flexibility index (Phi) is 4.62. The van der Waals surface area contributed by atoms with Gasteiger partial charge in [-0.05, 0) is 45.9 Å². The summed E-state index contributed by atoms with van der Waals surface area (Å²) in [5.41, 5.74) is 0.359. The summed E-state index contributed by atoms with van der Waals surface area (Å²) in [5, 5.41) is 9.75. The standard InChI is InChI=1S/C19H22ClNO6/c1-18(2)24-14-13(9-22-12-6-5-11(20)7-10(12)8-21)23-17-16(15(14)25-18)26-19(3,4)27-17/h5-7,13-17H,9H2,1-4H3. The highest BCUT2D eigenvalue weighted by atomic mass is 35.5. The molecular formula is C19H22ClNO6. The van der Waals surface area contributed by atoms with Crippen LogP contribution in [-0.2, 0) is 23.7 Å². The minimum atomic E-state index is -0.768. The quantitative estimate of drug-likeness (QED) is 0.778. The van der Waals surface area contributed by atoms with Crippen LogP contribution in [0.15, 0.2) is 18.2 Å². The highest BCUT2D eigenvalue weighted by molar-refractivity contribution is 6.30. The molecule has 0 N–H and O–H groups in total. The molecule has 5 unspecified atom stereocenters. The van der Waals surface area contributed by atoms with Crippen molar-refractivity contribution in [1.82, 2.24) is 0 Å². The predicted octanol–water partition coefficient (Wildman–Crippen LogP) is 2.99. The lowest BCUT2D eigenvalue weighted by molar-refractivity contribution is -0.238. The summed E-state index contributed by atoms with van der Waals surface area (Å²) in [4.78, 5) is 0. The maximum atomic E-state index is 9.28. The number of rotatable bonds is 3. The van der Waals surface area contributed by atoms with E-state index in [1.165, 1.54) is 0 Å². The Hall–Kier alpha value is -1.40. The van der Waals surface area contributed by atoms with Gasteiger partial charge < -0.3 is 28.4 Å². The molecule has 0 aromatic heterocycles. The third kappa shape index (κ3) is 3.66. The van der Waals surface area contributed by atoms with Gasteiger partial charge in [-0.2, -0.15) is 5.26 Å². The lowest BCUT2D eigenvalue weighted by Crippen LogP contribution is -2.56. The first kappa shape index (κ1) is 18.9. The van der Waals surface area contributed by atoms with E-state index in [2.05, 4.69) is 6.07 Å². The normalized spacial score (nSPS) is 35.9. The average molecular weight is 396 g/mol. The smallest absolute Gasteiger partial charge is 0.190 e. The predicted molar refractivity (Wildman–Crippen MR) is 94.2 cm³/mol. The van der Waals surface area contributed by atoms with E-state index in [1.807, 2.05) is 27.7 Å². The molecule has 8 heteroatoms. The largest absolute Gasteiger partial charge is 0.489 e. The number of fused-ring (bicyclic) bond motifs is 3. The Balaban J connectivity index is 1.53. The van der Waals surface area contributed by atoms with Crippen LogP contribution >= 0.6 is 11.6 Å². The van der Waals surface area contributed by atoms with Gasteiger partial charge in [-0.1, -0.05) is 11.6 Å². The molecule has 5 atom stereocenters. The zero-order valence-corrected chi connectivity index (χ0v) is 16.4. The first-order chi connectivity index (χ1) is 12.7. The van der Waals surface area contributed by atoms with Crippen molar-refractivity contribution in [3.8, 4) is 11.8 Å². The summed E-state index contributed by atoms with van der Waals surface area (Å²) >= 11 is 5.94. The van der Waals surface area contributed by atoms with Crippen molar-refractivity contribution in [3.05, 3.63) is 28.8 Å². The fourth-order valence-electron chi connectivity index (χ4n) is 3.71. The van der Waals surface area contributed by atoms with Crippen molar-refractivity contribution >= 4 is 11.6 Å². The van der Waals surface area contributed by atoms with E-state index in [0.717, 1.165) is 0 Å². The second-order valence-corrected chi connectivity index (χ2v) is 8.21. The Morgan fingerprint density at radius 2 is 1.70 bits per heavy atom. The molecule has 0 amide bonds. The van der Waals surface area contributed by atoms with Gasteiger partial charge >= 0.3 is 0 Å². The zero-order chi connectivity index (χ0) is 19.4. The van der Waals surface area contributed by atoms with Gasteiger partial charge in [0.15, 0.2) is 17.9 Å². The van der Waals surface area contributed by atoms with Crippen molar-refractivity contribution in [3.63, 3.8) is 0 Å². The number of nitrogens with zero attached hydrogens (tertiary/aromatic N) is 1. The lowest BCUT2D eigenvalue weighted by Gasteiger charge is -2.37. The van der Waals surface area contributed by atoms with Crippen LogP contribution in [0.1, 0.15) is 33.3 Å². The molecular weight excluding hydrogens is 374 g/mol. The third-order valence-corrected chi connectivity index (χ3v) is 4.95. The molecule has 3 fully saturated rings. The third-order valence-electron chi connectivity index (χ3n) is 4.72. The molecule has 0 spiro atoms. The van der Waals surface area contributed by atoms with Gasteiger partial charge in [-0.25, -0.2) is 0 Å². The molecule has 3 saturated heterocycles. The number of nitriles is 1. The average Bonchev–Trinajstić information content (AvgIpc) is 3.07. The minimum absolute atomic E-state index is 0.171. The molecule has 7 nitrogen and oxygen atoms in total. The van der Waals surface area contributed by atoms with Gasteiger partial charge in [0.05, 0.1) is 5.56 Å². The van der Waals surface area contributed by atoms with Crippen molar-refractivity contribution in [2.24, 2.45) is 0 Å².